The highest BCUT2D eigenvalue weighted by molar-refractivity contribution is 6.34. The predicted octanol–water partition coefficient (Wildman–Crippen LogP) is 3.26. The van der Waals surface area contributed by atoms with Crippen LogP contribution < -0.4 is 10.2 Å². The van der Waals surface area contributed by atoms with Gasteiger partial charge in [0.15, 0.2) is 0 Å². The van der Waals surface area contributed by atoms with E-state index in [1.807, 2.05) is 43.3 Å². The molecule has 2 fully saturated rings. The van der Waals surface area contributed by atoms with E-state index in [-0.39, 0.29) is 19.6 Å². The van der Waals surface area contributed by atoms with Gasteiger partial charge in [0.1, 0.15) is 18.2 Å². The van der Waals surface area contributed by atoms with Crippen LogP contribution >= 0.6 is 11.6 Å². The summed E-state index contributed by atoms with van der Waals surface area (Å²) in [6.07, 6.45) is 6.76. The minimum absolute atomic E-state index is 0.0928. The van der Waals surface area contributed by atoms with Gasteiger partial charge < -0.3 is 29.7 Å². The molecule has 3 amide bonds. The highest BCUT2D eigenvalue weighted by Gasteiger charge is 2.73. The van der Waals surface area contributed by atoms with Crippen LogP contribution in [0.5, 0.6) is 0 Å². The number of aryl methyl sites for hydroxylation is 1. The molecule has 5 bridgehead atoms. The van der Waals surface area contributed by atoms with Gasteiger partial charge in [0, 0.05) is 13.0 Å². The number of benzene rings is 2. The van der Waals surface area contributed by atoms with E-state index in [2.05, 4.69) is 5.32 Å². The summed E-state index contributed by atoms with van der Waals surface area (Å²) in [5.41, 5.74) is 0.518. The van der Waals surface area contributed by atoms with E-state index in [0.29, 0.717) is 17.1 Å². The molecule has 11 heteroatoms. The Labute approximate surface area is 266 Å². The van der Waals surface area contributed by atoms with Crippen LogP contribution in [0.2, 0.25) is 5.02 Å². The van der Waals surface area contributed by atoms with Crippen LogP contribution in [-0.2, 0) is 28.7 Å². The van der Waals surface area contributed by atoms with Crippen molar-refractivity contribution in [2.24, 2.45) is 11.8 Å². The minimum Gasteiger partial charge on any atom is -0.463 e. The predicted molar refractivity (Wildman–Crippen MR) is 166 cm³/mol. The number of aliphatic hydroxyl groups excluding tert-OH is 1. The Morgan fingerprint density at radius 3 is 2.58 bits per heavy atom. The summed E-state index contributed by atoms with van der Waals surface area (Å²) in [6.45, 7) is 3.11. The van der Waals surface area contributed by atoms with Crippen molar-refractivity contribution in [3.8, 4) is 0 Å². The molecule has 1 spiro atoms. The number of esters is 1. The number of carbonyl (C=O) groups is 4. The molecule has 4 aliphatic rings. The fourth-order valence-corrected chi connectivity index (χ4v) is 7.40. The molecule has 0 unspecified atom stereocenters. The molecule has 2 aromatic carbocycles. The van der Waals surface area contributed by atoms with Gasteiger partial charge in [-0.05, 0) is 37.5 Å². The number of aliphatic hydroxyl groups is 1. The lowest BCUT2D eigenvalue weighted by Gasteiger charge is -2.38. The van der Waals surface area contributed by atoms with Crippen molar-refractivity contribution in [3.63, 3.8) is 0 Å². The molecule has 7 atom stereocenters. The molecule has 10 nitrogen and oxygen atoms in total. The van der Waals surface area contributed by atoms with Gasteiger partial charge in [0.2, 0.25) is 11.8 Å². The van der Waals surface area contributed by atoms with Gasteiger partial charge in [0.05, 0.1) is 47.3 Å². The smallest absolute Gasteiger partial charge is 0.306 e. The monoisotopic (exact) mass is 633 g/mol. The third-order valence-corrected chi connectivity index (χ3v) is 9.52. The zero-order chi connectivity index (χ0) is 31.9. The molecule has 2 aromatic rings. The standard InChI is InChI=1S/C34H36ClN3O7/c1-20-10-9-13-23(35)29(20)37-17-8-4-7-14-26(40)44-19-24(22-11-5-3-6-12-22)36-31(41)27-25-15-16-34(45-25)28(27)32(42)38(21(2)18-39)30(34)33(37)43/h3-6,8-13,15-16,21,24-25,27-28,30,39H,7,14,17-19H2,1-2H3,(H,36,41)/b8-4-/t21-,24+,25+,27-,28-,30+,34-/m1/s1. The Hall–Kier alpha value is -3.99. The summed E-state index contributed by atoms with van der Waals surface area (Å²) in [4.78, 5) is 58.8. The highest BCUT2D eigenvalue weighted by Crippen LogP contribution is 2.56. The number of carbonyl (C=O) groups excluding carboxylic acids is 4. The van der Waals surface area contributed by atoms with E-state index < -0.39 is 72.0 Å². The number of rotatable bonds is 4. The minimum atomic E-state index is -1.44. The molecule has 0 aromatic heterocycles. The molecule has 45 heavy (non-hydrogen) atoms. The summed E-state index contributed by atoms with van der Waals surface area (Å²) in [5, 5.41) is 13.6. The molecule has 6 rings (SSSR count). The number of hydrogen-bond donors (Lipinski definition) is 2. The first-order valence-electron chi connectivity index (χ1n) is 15.2. The van der Waals surface area contributed by atoms with Crippen molar-refractivity contribution in [2.45, 2.75) is 56.5 Å². The summed E-state index contributed by atoms with van der Waals surface area (Å²) < 4.78 is 12.1. The van der Waals surface area contributed by atoms with E-state index in [4.69, 9.17) is 21.1 Å². The second-order valence-electron chi connectivity index (χ2n) is 12.0. The quantitative estimate of drug-likeness (QED) is 0.391. The number of nitrogens with one attached hydrogen (secondary N) is 1. The van der Waals surface area contributed by atoms with Crippen LogP contribution in [0.25, 0.3) is 0 Å². The Kier molecular flexibility index (Phi) is 8.56. The van der Waals surface area contributed by atoms with Crippen molar-refractivity contribution < 1.29 is 33.8 Å². The van der Waals surface area contributed by atoms with Crippen LogP contribution in [0, 0.1) is 18.8 Å². The van der Waals surface area contributed by atoms with Gasteiger partial charge in [-0.1, -0.05) is 78.4 Å². The van der Waals surface area contributed by atoms with Crippen molar-refractivity contribution in [3.05, 3.63) is 89.0 Å². The normalized spacial score (nSPS) is 31.5. The molecule has 2 saturated heterocycles. The highest BCUT2D eigenvalue weighted by atomic mass is 35.5. The van der Waals surface area contributed by atoms with E-state index in [9.17, 15) is 24.3 Å². The summed E-state index contributed by atoms with van der Waals surface area (Å²) >= 11 is 6.68. The van der Waals surface area contributed by atoms with Crippen LogP contribution in [0.4, 0.5) is 5.69 Å². The lowest BCUT2D eigenvalue weighted by Crippen LogP contribution is -2.58. The Bertz CT molecular complexity index is 1540. The lowest BCUT2D eigenvalue weighted by molar-refractivity contribution is -0.146. The molecule has 0 radical (unpaired) electrons. The van der Waals surface area contributed by atoms with Gasteiger partial charge in [-0.2, -0.15) is 0 Å². The number of amides is 3. The van der Waals surface area contributed by atoms with Gasteiger partial charge in [0.25, 0.3) is 5.91 Å². The Morgan fingerprint density at radius 2 is 1.84 bits per heavy atom. The first kappa shape index (κ1) is 31.0. The molecule has 0 aliphatic carbocycles. The van der Waals surface area contributed by atoms with Gasteiger partial charge >= 0.3 is 5.97 Å². The average molecular weight is 634 g/mol. The van der Waals surface area contributed by atoms with Crippen molar-refractivity contribution in [2.75, 3.05) is 24.7 Å². The number of cyclic esters (lactones) is 1. The Balaban J connectivity index is 1.46. The SMILES string of the molecule is Cc1cccc(Cl)c1N1C/C=C\CCC(=O)OC[C@@H](c2ccccc2)NC(=O)[C@@H]2[C@@H]3C=C[C@]4(O3)[C@H](C1=O)N([C@H](C)CO)C(=O)[C@@H]24. The number of hydrogen-bond acceptors (Lipinski definition) is 7. The number of para-hydroxylation sites is 1. The fraction of sp³-hybridized carbons (Fsp3) is 0.412. The molecule has 4 heterocycles. The number of anilines is 1. The van der Waals surface area contributed by atoms with Crippen LogP contribution in [-0.4, -0.2) is 77.2 Å². The topological polar surface area (TPSA) is 125 Å². The number of nitrogens with zero attached hydrogens (tertiary/aromatic N) is 2. The van der Waals surface area contributed by atoms with Gasteiger partial charge in [-0.15, -0.1) is 0 Å². The molecule has 0 saturated carbocycles. The molecule has 236 valence electrons. The maximum Gasteiger partial charge on any atom is 0.306 e. The fourth-order valence-electron chi connectivity index (χ4n) is 7.08. The number of fused-ring (bicyclic) bond motifs is 2. The number of ether oxygens (including phenoxy) is 2. The molecular weight excluding hydrogens is 598 g/mol. The zero-order valence-corrected chi connectivity index (χ0v) is 25.9. The molecular formula is C34H36ClN3O7. The van der Waals surface area contributed by atoms with Crippen molar-refractivity contribution in [1.82, 2.24) is 10.2 Å². The summed E-state index contributed by atoms with van der Waals surface area (Å²) in [6, 6.07) is 11.9. The Morgan fingerprint density at radius 1 is 1.07 bits per heavy atom. The van der Waals surface area contributed by atoms with Gasteiger partial charge in [-0.3, -0.25) is 19.2 Å². The lowest BCUT2D eigenvalue weighted by atomic mass is 9.74. The summed E-state index contributed by atoms with van der Waals surface area (Å²) in [5.74, 6) is -3.76. The van der Waals surface area contributed by atoms with E-state index in [0.717, 1.165) is 11.1 Å². The molecule has 2 N–H and O–H groups in total. The van der Waals surface area contributed by atoms with Crippen LogP contribution in [0.15, 0.2) is 72.8 Å². The second kappa shape index (κ2) is 12.4. The van der Waals surface area contributed by atoms with Gasteiger partial charge in [-0.25, -0.2) is 0 Å². The zero-order valence-electron chi connectivity index (χ0n) is 25.1. The maximum absolute atomic E-state index is 14.8. The van der Waals surface area contributed by atoms with Crippen molar-refractivity contribution in [1.29, 1.82) is 0 Å². The third kappa shape index (κ3) is 5.34. The largest absolute Gasteiger partial charge is 0.463 e. The second-order valence-corrected chi connectivity index (χ2v) is 12.4. The molecule has 4 aliphatic heterocycles. The number of likely N-dealkylation sites (tertiary alicyclic amines) is 1. The first-order valence-corrected chi connectivity index (χ1v) is 15.6. The van der Waals surface area contributed by atoms with E-state index >= 15 is 0 Å². The first-order chi connectivity index (χ1) is 21.7. The van der Waals surface area contributed by atoms with Crippen LogP contribution in [0.1, 0.15) is 36.9 Å². The van der Waals surface area contributed by atoms with E-state index in [1.54, 1.807) is 43.4 Å². The maximum atomic E-state index is 14.8. The third-order valence-electron chi connectivity index (χ3n) is 9.21. The van der Waals surface area contributed by atoms with E-state index in [1.165, 1.54) is 9.80 Å². The number of halogens is 1. The average Bonchev–Trinajstić information content (AvgIpc) is 3.68. The van der Waals surface area contributed by atoms with Crippen LogP contribution in [0.3, 0.4) is 0 Å². The van der Waals surface area contributed by atoms with Crippen molar-refractivity contribution >= 4 is 41.0 Å². The number of allylic oxidation sites excluding steroid dienone is 1. The summed E-state index contributed by atoms with van der Waals surface area (Å²) in [7, 11) is 0.